The van der Waals surface area contributed by atoms with Crippen LogP contribution < -0.4 is 4.74 Å². The lowest BCUT2D eigenvalue weighted by Gasteiger charge is -2.08. The van der Waals surface area contributed by atoms with E-state index in [0.717, 1.165) is 6.07 Å². The maximum atomic E-state index is 13.6. The highest BCUT2D eigenvalue weighted by molar-refractivity contribution is 7.84. The number of rotatable bonds is 5. The molecule has 2 aromatic rings. The number of carboxylic acid groups (broad SMARTS) is 1. The van der Waals surface area contributed by atoms with Crippen LogP contribution in [-0.4, -0.2) is 22.4 Å². The van der Waals surface area contributed by atoms with Gasteiger partial charge in [-0.3, -0.25) is 4.21 Å². The third-order valence-electron chi connectivity index (χ3n) is 2.88. The Kier molecular flexibility index (Phi) is 4.70. The minimum atomic E-state index is -1.41. The molecule has 0 aromatic heterocycles. The number of para-hydroxylation sites is 1. The van der Waals surface area contributed by atoms with Crippen LogP contribution in [-0.2, 0) is 16.6 Å². The lowest BCUT2D eigenvalue weighted by atomic mass is 10.1. The highest BCUT2D eigenvalue weighted by Gasteiger charge is 2.14. The average molecular weight is 308 g/mol. The molecule has 0 aliphatic rings. The fraction of sp³-hybridized carbons (Fsp3) is 0.133. The lowest BCUT2D eigenvalue weighted by Crippen LogP contribution is -2.03. The molecule has 1 unspecified atom stereocenters. The van der Waals surface area contributed by atoms with Gasteiger partial charge in [0.1, 0.15) is 11.6 Å². The van der Waals surface area contributed by atoms with Crippen LogP contribution in [0.5, 0.6) is 5.75 Å². The van der Waals surface area contributed by atoms with Crippen molar-refractivity contribution < 1.29 is 23.2 Å². The minimum Gasteiger partial charge on any atom is -0.495 e. The van der Waals surface area contributed by atoms with Gasteiger partial charge in [-0.15, -0.1) is 0 Å². The summed E-state index contributed by atoms with van der Waals surface area (Å²) in [5, 5.41) is 8.77. The van der Waals surface area contributed by atoms with Crippen LogP contribution in [0.3, 0.4) is 0 Å². The van der Waals surface area contributed by atoms with Gasteiger partial charge in [0, 0.05) is 0 Å². The van der Waals surface area contributed by atoms with Crippen molar-refractivity contribution in [2.45, 2.75) is 10.6 Å². The topological polar surface area (TPSA) is 63.6 Å². The van der Waals surface area contributed by atoms with Crippen molar-refractivity contribution in [3.05, 3.63) is 59.4 Å². The summed E-state index contributed by atoms with van der Waals surface area (Å²) in [5.41, 5.74) is 0.0589. The smallest absolute Gasteiger partial charge is 0.338 e. The molecule has 1 atom stereocenters. The number of benzene rings is 2. The summed E-state index contributed by atoms with van der Waals surface area (Å²) in [7, 11) is 0.0730. The molecule has 1 N–H and O–H groups in total. The highest BCUT2D eigenvalue weighted by Crippen LogP contribution is 2.24. The van der Waals surface area contributed by atoms with Crippen LogP contribution in [0.2, 0.25) is 0 Å². The van der Waals surface area contributed by atoms with E-state index in [4.69, 9.17) is 9.84 Å². The maximum absolute atomic E-state index is 13.6. The molecule has 0 aliphatic heterocycles. The van der Waals surface area contributed by atoms with Crippen molar-refractivity contribution in [3.8, 4) is 5.75 Å². The number of ether oxygens (including phenoxy) is 1. The quantitative estimate of drug-likeness (QED) is 0.922. The Morgan fingerprint density at radius 3 is 2.62 bits per heavy atom. The number of aromatic carboxylic acids is 1. The SMILES string of the molecule is COc1ccccc1S(=O)Cc1ccc(C(=O)O)c(F)c1. The molecule has 0 bridgehead atoms. The summed E-state index contributed by atoms with van der Waals surface area (Å²) < 4.78 is 31.0. The molecule has 2 rings (SSSR count). The van der Waals surface area contributed by atoms with Crippen molar-refractivity contribution in [1.29, 1.82) is 0 Å². The van der Waals surface area contributed by atoms with E-state index >= 15 is 0 Å². The Bertz CT molecular complexity index is 700. The third kappa shape index (κ3) is 3.46. The molecule has 0 saturated carbocycles. The van der Waals surface area contributed by atoms with Crippen LogP contribution in [0.25, 0.3) is 0 Å². The molecular formula is C15H13FO4S. The van der Waals surface area contributed by atoms with Crippen LogP contribution in [0.15, 0.2) is 47.4 Å². The summed E-state index contributed by atoms with van der Waals surface area (Å²) >= 11 is 0. The largest absolute Gasteiger partial charge is 0.495 e. The number of hydrogen-bond acceptors (Lipinski definition) is 3. The second-order valence-electron chi connectivity index (χ2n) is 4.26. The summed E-state index contributed by atoms with van der Waals surface area (Å²) in [5.74, 6) is -1.59. The van der Waals surface area contributed by atoms with Gasteiger partial charge < -0.3 is 9.84 Å². The van der Waals surface area contributed by atoms with E-state index in [9.17, 15) is 13.4 Å². The van der Waals surface area contributed by atoms with E-state index in [1.807, 2.05) is 0 Å². The molecule has 6 heteroatoms. The molecule has 0 radical (unpaired) electrons. The molecule has 110 valence electrons. The molecule has 2 aromatic carbocycles. The van der Waals surface area contributed by atoms with Crippen LogP contribution in [0, 0.1) is 5.82 Å². The average Bonchev–Trinajstić information content (AvgIpc) is 2.46. The minimum absolute atomic E-state index is 0.0805. The zero-order valence-electron chi connectivity index (χ0n) is 11.2. The standard InChI is InChI=1S/C15H13FO4S/c1-20-13-4-2-3-5-14(13)21(19)9-10-6-7-11(15(17)18)12(16)8-10/h2-8H,9H2,1H3,(H,17,18). The van der Waals surface area contributed by atoms with Gasteiger partial charge in [0.05, 0.1) is 34.1 Å². The Balaban J connectivity index is 2.24. The normalized spacial score (nSPS) is 11.9. The molecule has 4 nitrogen and oxygen atoms in total. The van der Waals surface area contributed by atoms with E-state index in [2.05, 4.69) is 0 Å². The summed E-state index contributed by atoms with van der Waals surface area (Å²) in [4.78, 5) is 11.3. The van der Waals surface area contributed by atoms with Crippen molar-refractivity contribution in [2.24, 2.45) is 0 Å². The molecule has 21 heavy (non-hydrogen) atoms. The second-order valence-corrected chi connectivity index (χ2v) is 5.68. The number of hydrogen-bond donors (Lipinski definition) is 1. The molecular weight excluding hydrogens is 295 g/mol. The maximum Gasteiger partial charge on any atom is 0.338 e. The van der Waals surface area contributed by atoms with Crippen molar-refractivity contribution in [1.82, 2.24) is 0 Å². The summed E-state index contributed by atoms with van der Waals surface area (Å²) in [6, 6.07) is 10.6. The first-order valence-corrected chi connectivity index (χ1v) is 7.38. The third-order valence-corrected chi connectivity index (χ3v) is 4.30. The number of carboxylic acids is 1. The monoisotopic (exact) mass is 308 g/mol. The van der Waals surface area contributed by atoms with Crippen molar-refractivity contribution in [2.75, 3.05) is 7.11 Å². The molecule has 0 fully saturated rings. The van der Waals surface area contributed by atoms with E-state index in [1.165, 1.54) is 19.2 Å². The molecule has 0 heterocycles. The van der Waals surface area contributed by atoms with Gasteiger partial charge in [-0.2, -0.15) is 0 Å². The zero-order chi connectivity index (χ0) is 15.4. The predicted molar refractivity (Wildman–Crippen MR) is 76.5 cm³/mol. The Morgan fingerprint density at radius 1 is 1.29 bits per heavy atom. The Hall–Kier alpha value is -2.21. The van der Waals surface area contributed by atoms with Crippen LogP contribution in [0.4, 0.5) is 4.39 Å². The molecule has 0 saturated heterocycles. The van der Waals surface area contributed by atoms with Gasteiger partial charge in [-0.05, 0) is 29.8 Å². The highest BCUT2D eigenvalue weighted by atomic mass is 32.2. The van der Waals surface area contributed by atoms with Gasteiger partial charge in [0.25, 0.3) is 0 Å². The lowest BCUT2D eigenvalue weighted by molar-refractivity contribution is 0.0692. The zero-order valence-corrected chi connectivity index (χ0v) is 12.0. The first-order chi connectivity index (χ1) is 10.0. The first kappa shape index (κ1) is 15.2. The van der Waals surface area contributed by atoms with E-state index in [1.54, 1.807) is 24.3 Å². The summed E-state index contributed by atoms with van der Waals surface area (Å²) in [6.45, 7) is 0. The van der Waals surface area contributed by atoms with Crippen molar-refractivity contribution in [3.63, 3.8) is 0 Å². The predicted octanol–water partition coefficient (Wildman–Crippen LogP) is 2.84. The van der Waals surface area contributed by atoms with Crippen molar-refractivity contribution >= 4 is 16.8 Å². The number of carbonyl (C=O) groups is 1. The van der Waals surface area contributed by atoms with Gasteiger partial charge >= 0.3 is 5.97 Å². The Labute approximate surface area is 123 Å². The summed E-state index contributed by atoms with van der Waals surface area (Å²) in [6.07, 6.45) is 0. The van der Waals surface area contributed by atoms with E-state index < -0.39 is 28.1 Å². The second kappa shape index (κ2) is 6.49. The van der Waals surface area contributed by atoms with Crippen LogP contribution in [0.1, 0.15) is 15.9 Å². The number of halogens is 1. The fourth-order valence-corrected chi connectivity index (χ4v) is 3.10. The first-order valence-electron chi connectivity index (χ1n) is 6.06. The van der Waals surface area contributed by atoms with Gasteiger partial charge in [0.15, 0.2) is 0 Å². The molecule has 0 spiro atoms. The molecule has 0 aliphatic carbocycles. The fourth-order valence-electron chi connectivity index (χ4n) is 1.86. The van der Waals surface area contributed by atoms with Gasteiger partial charge in [0.2, 0.25) is 0 Å². The van der Waals surface area contributed by atoms with Gasteiger partial charge in [-0.25, -0.2) is 9.18 Å². The van der Waals surface area contributed by atoms with Gasteiger partial charge in [-0.1, -0.05) is 18.2 Å². The molecule has 0 amide bonds. The Morgan fingerprint density at radius 2 is 2.00 bits per heavy atom. The van der Waals surface area contributed by atoms with Crippen LogP contribution >= 0.6 is 0 Å². The van der Waals surface area contributed by atoms with E-state index in [0.29, 0.717) is 16.2 Å². The van der Waals surface area contributed by atoms with E-state index in [-0.39, 0.29) is 5.75 Å². The number of methoxy groups -OCH3 is 1.